The lowest BCUT2D eigenvalue weighted by atomic mass is 9.96. The maximum absolute atomic E-state index is 13.5. The van der Waals surface area contributed by atoms with E-state index in [0.717, 1.165) is 51.4 Å². The van der Waals surface area contributed by atoms with Crippen molar-refractivity contribution in [3.05, 3.63) is 60.8 Å². The molecule has 19 heteroatoms. The molecule has 3 saturated heterocycles. The van der Waals surface area contributed by atoms with Gasteiger partial charge in [-0.3, -0.25) is 4.79 Å². The third kappa shape index (κ3) is 45.6. The molecule has 19 nitrogen and oxygen atoms in total. The Balaban J connectivity index is 1.33. The average molecular weight is 1490 g/mol. The summed E-state index contributed by atoms with van der Waals surface area (Å²) in [4.78, 5) is 13.5. The Morgan fingerprint density at radius 3 is 1.02 bits per heavy atom. The molecule has 0 aromatic rings. The first kappa shape index (κ1) is 96.7. The molecule has 17 atom stereocenters. The van der Waals surface area contributed by atoms with Gasteiger partial charge in [0.15, 0.2) is 18.9 Å². The number of carbonyl (C=O) groups is 1. The summed E-state index contributed by atoms with van der Waals surface area (Å²) < 4.78 is 34.5. The summed E-state index contributed by atoms with van der Waals surface area (Å²) in [7, 11) is 0. The minimum Gasteiger partial charge on any atom is -0.394 e. The quantitative estimate of drug-likeness (QED) is 0.0199. The molecule has 0 radical (unpaired) electrons. The van der Waals surface area contributed by atoms with Crippen LogP contribution < -0.4 is 5.32 Å². The number of unbranched alkanes of at least 4 members (excludes halogenated alkanes) is 45. The van der Waals surface area contributed by atoms with Crippen molar-refractivity contribution in [2.24, 2.45) is 0 Å². The normalized spacial score (nSPS) is 26.0. The number of rotatable bonds is 69. The zero-order chi connectivity index (χ0) is 76.0. The lowest BCUT2D eigenvalue weighted by Crippen LogP contribution is -2.66. The number of allylic oxidation sites excluding steroid dienone is 9. The van der Waals surface area contributed by atoms with E-state index in [1.807, 2.05) is 6.08 Å². The lowest BCUT2D eigenvalue weighted by Gasteiger charge is -2.48. The van der Waals surface area contributed by atoms with Gasteiger partial charge in [0.1, 0.15) is 73.2 Å². The van der Waals surface area contributed by atoms with Crippen molar-refractivity contribution in [1.82, 2.24) is 5.32 Å². The van der Waals surface area contributed by atoms with Crippen LogP contribution in [-0.4, -0.2) is 193 Å². The zero-order valence-electron chi connectivity index (χ0n) is 66.0. The third-order valence-corrected chi connectivity index (χ3v) is 21.3. The van der Waals surface area contributed by atoms with E-state index in [9.17, 15) is 61.0 Å². The molecule has 0 saturated carbocycles. The van der Waals surface area contributed by atoms with Crippen LogP contribution in [0.3, 0.4) is 0 Å². The molecule has 12 N–H and O–H groups in total. The molecule has 105 heavy (non-hydrogen) atoms. The van der Waals surface area contributed by atoms with Gasteiger partial charge in [0.2, 0.25) is 5.91 Å². The third-order valence-electron chi connectivity index (χ3n) is 21.3. The fraction of sp³-hybridized carbons (Fsp3) is 0.872. The Morgan fingerprint density at radius 1 is 0.343 bits per heavy atom. The monoisotopic (exact) mass is 1490 g/mol. The van der Waals surface area contributed by atoms with Gasteiger partial charge >= 0.3 is 0 Å². The summed E-state index contributed by atoms with van der Waals surface area (Å²) >= 11 is 0. The van der Waals surface area contributed by atoms with E-state index in [4.69, 9.17) is 28.4 Å². The van der Waals surface area contributed by atoms with Crippen molar-refractivity contribution in [2.45, 2.75) is 452 Å². The van der Waals surface area contributed by atoms with Crippen molar-refractivity contribution >= 4 is 5.91 Å². The average Bonchev–Trinajstić information content (AvgIpc) is 0.779. The molecule has 3 rings (SSSR count). The Morgan fingerprint density at radius 2 is 0.638 bits per heavy atom. The highest BCUT2D eigenvalue weighted by Gasteiger charge is 2.54. The van der Waals surface area contributed by atoms with Gasteiger partial charge < -0.3 is 89.9 Å². The minimum absolute atomic E-state index is 0.238. The minimum atomic E-state index is -1.98. The van der Waals surface area contributed by atoms with Crippen LogP contribution in [0, 0.1) is 0 Å². The molecule has 3 heterocycles. The highest BCUT2D eigenvalue weighted by atomic mass is 16.8. The highest BCUT2D eigenvalue weighted by molar-refractivity contribution is 5.76. The van der Waals surface area contributed by atoms with Crippen LogP contribution in [0.4, 0.5) is 0 Å². The summed E-state index contributed by atoms with van der Waals surface area (Å²) in [6.45, 7) is 1.75. The summed E-state index contributed by atoms with van der Waals surface area (Å²) in [6, 6.07) is -0.992. The van der Waals surface area contributed by atoms with Crippen molar-refractivity contribution in [2.75, 3.05) is 26.4 Å². The largest absolute Gasteiger partial charge is 0.394 e. The predicted octanol–water partition coefficient (Wildman–Crippen LogP) is 15.4. The molecule has 0 bridgehead atoms. The molecule has 3 fully saturated rings. The first-order chi connectivity index (χ1) is 51.3. The maximum Gasteiger partial charge on any atom is 0.220 e. The molecule has 1 amide bonds. The van der Waals surface area contributed by atoms with Crippen LogP contribution in [0.5, 0.6) is 0 Å². The van der Waals surface area contributed by atoms with Crippen LogP contribution in [0.15, 0.2) is 60.8 Å². The van der Waals surface area contributed by atoms with Gasteiger partial charge in [0.25, 0.3) is 0 Å². The van der Waals surface area contributed by atoms with Gasteiger partial charge in [-0.2, -0.15) is 0 Å². The summed E-state index contributed by atoms with van der Waals surface area (Å²) in [5.41, 5.74) is 0. The number of amides is 1. The number of aliphatic hydroxyl groups is 11. The second-order valence-electron chi connectivity index (χ2n) is 30.6. The first-order valence-corrected chi connectivity index (χ1v) is 43.0. The molecule has 614 valence electrons. The number of aliphatic hydroxyl groups excluding tert-OH is 11. The van der Waals surface area contributed by atoms with Gasteiger partial charge in [-0.1, -0.05) is 331 Å². The predicted molar refractivity (Wildman–Crippen MR) is 420 cm³/mol. The van der Waals surface area contributed by atoms with E-state index in [2.05, 4.69) is 67.8 Å². The molecule has 0 aromatic heterocycles. The first-order valence-electron chi connectivity index (χ1n) is 43.0. The Hall–Kier alpha value is -2.51. The number of carbonyl (C=O) groups excluding carboxylic acids is 1. The molecular weight excluding hydrogens is 1330 g/mol. The number of ether oxygens (including phenoxy) is 6. The number of hydrogen-bond acceptors (Lipinski definition) is 18. The van der Waals surface area contributed by atoms with Crippen LogP contribution in [0.2, 0.25) is 0 Å². The van der Waals surface area contributed by atoms with Crippen LogP contribution >= 0.6 is 0 Å². The van der Waals surface area contributed by atoms with Crippen molar-refractivity contribution in [3.63, 3.8) is 0 Å². The van der Waals surface area contributed by atoms with Gasteiger partial charge in [0, 0.05) is 6.42 Å². The smallest absolute Gasteiger partial charge is 0.220 e. The topological polar surface area (TPSA) is 307 Å². The number of hydrogen-bond donors (Lipinski definition) is 12. The molecular formula is C86H157NO18. The summed E-state index contributed by atoms with van der Waals surface area (Å²) in [6.07, 6.45) is 59.4. The molecule has 0 aliphatic carbocycles. The van der Waals surface area contributed by atoms with Gasteiger partial charge in [-0.15, -0.1) is 0 Å². The summed E-state index contributed by atoms with van der Waals surface area (Å²) in [5.74, 6) is -0.280. The zero-order valence-corrected chi connectivity index (χ0v) is 66.0. The van der Waals surface area contributed by atoms with Crippen molar-refractivity contribution in [1.29, 1.82) is 0 Å². The van der Waals surface area contributed by atoms with E-state index in [1.165, 1.54) is 263 Å². The second kappa shape index (κ2) is 66.1. The van der Waals surface area contributed by atoms with Crippen LogP contribution in [0.1, 0.15) is 348 Å². The van der Waals surface area contributed by atoms with Crippen molar-refractivity contribution in [3.8, 4) is 0 Å². The Kier molecular flexibility index (Phi) is 60.9. The second-order valence-corrected chi connectivity index (χ2v) is 30.6. The highest BCUT2D eigenvalue weighted by Crippen LogP contribution is 2.33. The fourth-order valence-electron chi connectivity index (χ4n) is 14.4. The number of nitrogens with one attached hydrogen (secondary N) is 1. The van der Waals surface area contributed by atoms with E-state index in [1.54, 1.807) is 6.08 Å². The SMILES string of the molecule is CCCCCCC/C=C\C/C=C\C/C=C\CCCCCCCCCCCCCCCCCCCCCCCCC(=O)NC(COC1OC(CO)C(OC2OC(CO)C(OC3OC(CO)C(O)C(O)C3O)C(O)C2O)C(O)C1O)C(O)/C=C/CC/C=C/CCCCCCCCCCCCCCCCCCC. The molecule has 3 aliphatic rings. The van der Waals surface area contributed by atoms with Crippen LogP contribution in [0.25, 0.3) is 0 Å². The Bertz CT molecular complexity index is 2130. The standard InChI is InChI=1S/C86H157NO18/c1-3-5-7-9-11-13-15-17-19-21-23-25-27-28-29-30-31-32-33-34-35-36-37-38-39-40-42-44-46-48-50-52-54-56-58-60-62-64-74(92)87-69(70(91)63-61-59-57-55-53-51-49-47-45-43-41-26-24-22-20-18-16-14-12-10-8-6-4-2)68-100-84-80(98)77(95)82(72(66-89)102-84)105-86-81(99)78(96)83(73(67-90)103-86)104-85-79(97)76(94)75(93)71(65-88)101-85/h15,17,21,23,27-28,53,55,61,63,69-73,75-86,88-91,93-99H,3-14,16,18-20,22,24-26,29-52,54,56-60,62,64-68H2,1-2H3,(H,87,92)/b17-15-,23-21-,28-27-,55-53+,63-61+. The Labute approximate surface area is 636 Å². The lowest BCUT2D eigenvalue weighted by molar-refractivity contribution is -0.379. The van der Waals surface area contributed by atoms with Gasteiger partial charge in [-0.25, -0.2) is 0 Å². The van der Waals surface area contributed by atoms with E-state index < -0.39 is 124 Å². The summed E-state index contributed by atoms with van der Waals surface area (Å²) in [5, 5.41) is 121. The fourth-order valence-corrected chi connectivity index (χ4v) is 14.4. The van der Waals surface area contributed by atoms with E-state index >= 15 is 0 Å². The van der Waals surface area contributed by atoms with Gasteiger partial charge in [0.05, 0.1) is 38.6 Å². The molecule has 0 aromatic carbocycles. The van der Waals surface area contributed by atoms with E-state index in [-0.39, 0.29) is 18.9 Å². The molecule has 0 spiro atoms. The van der Waals surface area contributed by atoms with Gasteiger partial charge in [-0.05, 0) is 70.6 Å². The molecule has 3 aliphatic heterocycles. The van der Waals surface area contributed by atoms with Crippen LogP contribution in [-0.2, 0) is 33.2 Å². The maximum atomic E-state index is 13.5. The van der Waals surface area contributed by atoms with E-state index in [0.29, 0.717) is 12.8 Å². The van der Waals surface area contributed by atoms with Crippen molar-refractivity contribution < 1.29 is 89.4 Å². The molecule has 17 unspecified atom stereocenters.